The Bertz CT molecular complexity index is 1530. The first kappa shape index (κ1) is 28.4. The standard InChI is InChI=1S/C31H27Cl3N2O3/c1-4-23-10-9-22(15-28(23)33)18-36(25-8-5-7-24(32)16-25)26-17-29(31(37)38)35(19-26)11-6-12-39-27-13-20(2)30(34)21(3)14-27/h1,5,7-10,13-17,19H,6,11-12,18H2,2-3H3,(H,37,38). The molecule has 0 amide bonds. The van der Waals surface area contributed by atoms with Crippen LogP contribution >= 0.6 is 34.8 Å². The Morgan fingerprint density at radius 2 is 1.77 bits per heavy atom. The molecule has 1 N–H and O–H groups in total. The van der Waals surface area contributed by atoms with E-state index in [1.807, 2.05) is 67.4 Å². The molecule has 0 aliphatic carbocycles. The normalized spacial score (nSPS) is 10.8. The molecule has 0 saturated carbocycles. The van der Waals surface area contributed by atoms with Crippen LogP contribution in [0.15, 0.2) is 66.9 Å². The number of hydrogen-bond acceptors (Lipinski definition) is 3. The molecule has 0 fully saturated rings. The Hall–Kier alpha value is -3.56. The monoisotopic (exact) mass is 580 g/mol. The van der Waals surface area contributed by atoms with Crippen LogP contribution in [0.5, 0.6) is 5.75 Å². The molecular weight excluding hydrogens is 555 g/mol. The van der Waals surface area contributed by atoms with Crippen LogP contribution in [0.2, 0.25) is 15.1 Å². The Balaban J connectivity index is 1.58. The first-order valence-corrected chi connectivity index (χ1v) is 13.4. The molecule has 4 rings (SSSR count). The molecule has 0 aliphatic rings. The van der Waals surface area contributed by atoms with Crippen molar-refractivity contribution in [3.8, 4) is 18.1 Å². The van der Waals surface area contributed by atoms with Gasteiger partial charge < -0.3 is 19.3 Å². The lowest BCUT2D eigenvalue weighted by atomic mass is 10.1. The van der Waals surface area contributed by atoms with Crippen molar-refractivity contribution in [2.75, 3.05) is 11.5 Å². The third-order valence-corrected chi connectivity index (χ3v) is 7.43. The first-order valence-electron chi connectivity index (χ1n) is 12.3. The van der Waals surface area contributed by atoms with E-state index < -0.39 is 5.97 Å². The van der Waals surface area contributed by atoms with Gasteiger partial charge in [0.05, 0.1) is 17.3 Å². The molecule has 1 heterocycles. The predicted molar refractivity (Wildman–Crippen MR) is 159 cm³/mol. The zero-order chi connectivity index (χ0) is 28.1. The summed E-state index contributed by atoms with van der Waals surface area (Å²) in [7, 11) is 0. The number of aryl methyl sites for hydroxylation is 3. The maximum Gasteiger partial charge on any atom is 0.352 e. The van der Waals surface area contributed by atoms with Gasteiger partial charge in [-0.3, -0.25) is 0 Å². The molecule has 1 aromatic heterocycles. The molecule has 0 aliphatic heterocycles. The van der Waals surface area contributed by atoms with E-state index in [0.717, 1.165) is 33.1 Å². The van der Waals surface area contributed by atoms with Gasteiger partial charge in [-0.25, -0.2) is 4.79 Å². The van der Waals surface area contributed by atoms with Crippen LogP contribution in [-0.2, 0) is 13.1 Å². The summed E-state index contributed by atoms with van der Waals surface area (Å²) in [6, 6.07) is 18.4. The summed E-state index contributed by atoms with van der Waals surface area (Å²) < 4.78 is 7.65. The summed E-state index contributed by atoms with van der Waals surface area (Å²) in [6.07, 6.45) is 7.96. The Labute approximate surface area is 243 Å². The van der Waals surface area contributed by atoms with Crippen molar-refractivity contribution in [3.05, 3.63) is 110 Å². The number of carboxylic acids is 1. The number of ether oxygens (including phenoxy) is 1. The van der Waals surface area contributed by atoms with Crippen molar-refractivity contribution in [1.82, 2.24) is 4.57 Å². The van der Waals surface area contributed by atoms with Crippen LogP contribution in [0, 0.1) is 26.2 Å². The second-order valence-electron chi connectivity index (χ2n) is 9.18. The van der Waals surface area contributed by atoms with Crippen LogP contribution in [0.1, 0.15) is 39.2 Å². The van der Waals surface area contributed by atoms with Crippen molar-refractivity contribution < 1.29 is 14.6 Å². The summed E-state index contributed by atoms with van der Waals surface area (Å²) in [5.74, 6) is 2.29. The predicted octanol–water partition coefficient (Wildman–Crippen LogP) is 8.55. The summed E-state index contributed by atoms with van der Waals surface area (Å²) in [5, 5.41) is 11.7. The topological polar surface area (TPSA) is 54.7 Å². The van der Waals surface area contributed by atoms with Gasteiger partial charge in [0.2, 0.25) is 0 Å². The summed E-state index contributed by atoms with van der Waals surface area (Å²) >= 11 is 18.9. The van der Waals surface area contributed by atoms with Gasteiger partial charge in [0.1, 0.15) is 11.4 Å². The third-order valence-electron chi connectivity index (χ3n) is 6.28. The van der Waals surface area contributed by atoms with E-state index in [9.17, 15) is 9.90 Å². The maximum atomic E-state index is 12.1. The van der Waals surface area contributed by atoms with Gasteiger partial charge in [-0.2, -0.15) is 0 Å². The van der Waals surface area contributed by atoms with Crippen molar-refractivity contribution >= 4 is 52.1 Å². The summed E-state index contributed by atoms with van der Waals surface area (Å²) in [6.45, 7) is 5.17. The van der Waals surface area contributed by atoms with E-state index in [2.05, 4.69) is 5.92 Å². The van der Waals surface area contributed by atoms with Gasteiger partial charge in [0, 0.05) is 40.6 Å². The second-order valence-corrected chi connectivity index (χ2v) is 10.4. The van der Waals surface area contributed by atoms with Crippen molar-refractivity contribution in [2.24, 2.45) is 0 Å². The minimum Gasteiger partial charge on any atom is -0.494 e. The average Bonchev–Trinajstić information content (AvgIpc) is 3.32. The van der Waals surface area contributed by atoms with Gasteiger partial charge in [0.15, 0.2) is 0 Å². The van der Waals surface area contributed by atoms with E-state index in [4.69, 9.17) is 46.0 Å². The molecule has 39 heavy (non-hydrogen) atoms. The lowest BCUT2D eigenvalue weighted by Crippen LogP contribution is -2.16. The van der Waals surface area contributed by atoms with Crippen LogP contribution in [-0.4, -0.2) is 22.2 Å². The van der Waals surface area contributed by atoms with E-state index in [1.54, 1.807) is 22.8 Å². The SMILES string of the molecule is C#Cc1ccc(CN(c2cccc(Cl)c2)c2cc(C(=O)O)n(CCCOc3cc(C)c(Cl)c(C)c3)c2)cc1Cl. The zero-order valence-electron chi connectivity index (χ0n) is 21.5. The minimum absolute atomic E-state index is 0.177. The van der Waals surface area contributed by atoms with Gasteiger partial charge >= 0.3 is 5.97 Å². The fourth-order valence-corrected chi connectivity index (χ4v) is 4.90. The van der Waals surface area contributed by atoms with E-state index in [-0.39, 0.29) is 5.69 Å². The second kappa shape index (κ2) is 12.5. The van der Waals surface area contributed by atoms with Gasteiger partial charge in [-0.05, 0) is 85.5 Å². The molecule has 0 saturated heterocycles. The van der Waals surface area contributed by atoms with Crippen LogP contribution in [0.4, 0.5) is 11.4 Å². The molecule has 0 unspecified atom stereocenters. The molecule has 3 aromatic carbocycles. The molecule has 8 heteroatoms. The highest BCUT2D eigenvalue weighted by Gasteiger charge is 2.19. The Morgan fingerprint density at radius 3 is 2.41 bits per heavy atom. The van der Waals surface area contributed by atoms with E-state index in [1.165, 1.54) is 0 Å². The number of aromatic carboxylic acids is 1. The maximum absolute atomic E-state index is 12.1. The van der Waals surface area contributed by atoms with Crippen LogP contribution < -0.4 is 9.64 Å². The number of halogens is 3. The lowest BCUT2D eigenvalue weighted by molar-refractivity contribution is 0.0684. The number of hydrogen-bond donors (Lipinski definition) is 1. The van der Waals surface area contributed by atoms with Crippen LogP contribution in [0.25, 0.3) is 0 Å². The van der Waals surface area contributed by atoms with E-state index >= 15 is 0 Å². The number of terminal acetylenes is 1. The molecule has 200 valence electrons. The Kier molecular flexibility index (Phi) is 9.14. The number of benzene rings is 3. The highest BCUT2D eigenvalue weighted by Crippen LogP contribution is 2.32. The molecule has 0 bridgehead atoms. The number of carbonyl (C=O) groups is 1. The highest BCUT2D eigenvalue weighted by atomic mass is 35.5. The lowest BCUT2D eigenvalue weighted by Gasteiger charge is -2.24. The first-order chi connectivity index (χ1) is 18.7. The van der Waals surface area contributed by atoms with E-state index in [0.29, 0.717) is 47.4 Å². The van der Waals surface area contributed by atoms with Gasteiger partial charge in [-0.1, -0.05) is 52.9 Å². The Morgan fingerprint density at radius 1 is 1.03 bits per heavy atom. The largest absolute Gasteiger partial charge is 0.494 e. The molecule has 0 atom stereocenters. The van der Waals surface area contributed by atoms with Gasteiger partial charge in [0.25, 0.3) is 0 Å². The highest BCUT2D eigenvalue weighted by molar-refractivity contribution is 6.32. The fraction of sp³-hybridized carbons (Fsp3) is 0.194. The fourth-order valence-electron chi connectivity index (χ4n) is 4.35. The van der Waals surface area contributed by atoms with Crippen molar-refractivity contribution in [3.63, 3.8) is 0 Å². The molecule has 5 nitrogen and oxygen atoms in total. The molecule has 0 spiro atoms. The van der Waals surface area contributed by atoms with Crippen LogP contribution in [0.3, 0.4) is 0 Å². The quantitative estimate of drug-likeness (QED) is 0.151. The smallest absolute Gasteiger partial charge is 0.352 e. The average molecular weight is 582 g/mol. The molecule has 0 radical (unpaired) electrons. The number of anilines is 2. The number of carboxylic acid groups (broad SMARTS) is 1. The van der Waals surface area contributed by atoms with Gasteiger partial charge in [-0.15, -0.1) is 6.42 Å². The van der Waals surface area contributed by atoms with Crippen molar-refractivity contribution in [2.45, 2.75) is 33.4 Å². The number of aromatic nitrogens is 1. The third kappa shape index (κ3) is 6.91. The number of nitrogens with zero attached hydrogens (tertiary/aromatic N) is 2. The summed E-state index contributed by atoms with van der Waals surface area (Å²) in [5.41, 5.74) is 5.11. The minimum atomic E-state index is -1.02. The zero-order valence-corrected chi connectivity index (χ0v) is 23.8. The molecular formula is C31H27Cl3N2O3. The summed E-state index contributed by atoms with van der Waals surface area (Å²) in [4.78, 5) is 14.1. The molecule has 4 aromatic rings. The van der Waals surface area contributed by atoms with Crippen molar-refractivity contribution in [1.29, 1.82) is 0 Å². The number of rotatable bonds is 10.